The summed E-state index contributed by atoms with van der Waals surface area (Å²) in [5.41, 5.74) is 0.990. The van der Waals surface area contributed by atoms with Crippen LogP contribution in [-0.4, -0.2) is 5.92 Å². The van der Waals surface area contributed by atoms with Crippen LogP contribution >= 0.6 is 0 Å². The quantitative estimate of drug-likeness (QED) is 0.681. The van der Waals surface area contributed by atoms with Crippen molar-refractivity contribution in [2.24, 2.45) is 0 Å². The van der Waals surface area contributed by atoms with Crippen molar-refractivity contribution >= 4 is 10.8 Å². The minimum Gasteiger partial charge on any atom is -0.207 e. The summed E-state index contributed by atoms with van der Waals surface area (Å²) in [5.74, 6) is -2.53. The van der Waals surface area contributed by atoms with Gasteiger partial charge in [-0.1, -0.05) is 55.8 Å². The average Bonchev–Trinajstić information content (AvgIpc) is 2.36. The van der Waals surface area contributed by atoms with Gasteiger partial charge in [-0.25, -0.2) is 8.78 Å². The van der Waals surface area contributed by atoms with Gasteiger partial charge < -0.3 is 0 Å². The van der Waals surface area contributed by atoms with Gasteiger partial charge in [0.25, 0.3) is 0 Å². The number of alkyl halides is 2. The van der Waals surface area contributed by atoms with E-state index in [2.05, 4.69) is 0 Å². The molecular weight excluding hydrogens is 230 g/mol. The van der Waals surface area contributed by atoms with Gasteiger partial charge in [-0.3, -0.25) is 0 Å². The van der Waals surface area contributed by atoms with Crippen molar-refractivity contribution in [2.45, 2.75) is 38.5 Å². The van der Waals surface area contributed by atoms with Crippen molar-refractivity contribution in [1.29, 1.82) is 0 Å². The average molecular weight is 248 g/mol. The van der Waals surface area contributed by atoms with Crippen LogP contribution in [0.5, 0.6) is 0 Å². The zero-order valence-electron chi connectivity index (χ0n) is 10.6. The van der Waals surface area contributed by atoms with E-state index in [-0.39, 0.29) is 12.8 Å². The second-order valence-corrected chi connectivity index (χ2v) is 4.79. The zero-order chi connectivity index (χ0) is 13.0. The van der Waals surface area contributed by atoms with Crippen LogP contribution in [0.25, 0.3) is 10.8 Å². The van der Waals surface area contributed by atoms with Gasteiger partial charge in [-0.2, -0.15) is 0 Å². The zero-order valence-corrected chi connectivity index (χ0v) is 10.6. The summed E-state index contributed by atoms with van der Waals surface area (Å²) in [6, 6.07) is 14.0. The summed E-state index contributed by atoms with van der Waals surface area (Å²) in [5, 5.41) is 2.27. The summed E-state index contributed by atoms with van der Waals surface area (Å²) in [7, 11) is 0. The smallest absolute Gasteiger partial charge is 0.207 e. The van der Waals surface area contributed by atoms with Crippen LogP contribution in [-0.2, 0) is 6.42 Å². The van der Waals surface area contributed by atoms with E-state index in [1.165, 1.54) is 0 Å². The van der Waals surface area contributed by atoms with Crippen molar-refractivity contribution in [1.82, 2.24) is 0 Å². The minimum absolute atomic E-state index is 0.0133. The van der Waals surface area contributed by atoms with Gasteiger partial charge in [0.1, 0.15) is 0 Å². The molecule has 0 aliphatic rings. The number of benzene rings is 2. The Balaban J connectivity index is 2.08. The monoisotopic (exact) mass is 248 g/mol. The lowest BCUT2D eigenvalue weighted by Crippen LogP contribution is -2.16. The molecule has 2 heteroatoms. The fourth-order valence-electron chi connectivity index (χ4n) is 2.21. The predicted molar refractivity (Wildman–Crippen MR) is 72.1 cm³/mol. The Morgan fingerprint density at radius 1 is 0.944 bits per heavy atom. The topological polar surface area (TPSA) is 0 Å². The highest BCUT2D eigenvalue weighted by Crippen LogP contribution is 2.27. The minimum atomic E-state index is -2.53. The van der Waals surface area contributed by atoms with E-state index < -0.39 is 5.92 Å². The molecular formula is C16H18F2. The second-order valence-electron chi connectivity index (χ2n) is 4.79. The first-order valence-corrected chi connectivity index (χ1v) is 6.46. The van der Waals surface area contributed by atoms with Crippen LogP contribution in [0.1, 0.15) is 31.7 Å². The third-order valence-electron chi connectivity index (χ3n) is 3.21. The van der Waals surface area contributed by atoms with Gasteiger partial charge in [0, 0.05) is 12.8 Å². The highest BCUT2D eigenvalue weighted by atomic mass is 19.3. The van der Waals surface area contributed by atoms with E-state index in [0.29, 0.717) is 12.8 Å². The Hall–Kier alpha value is -1.44. The lowest BCUT2D eigenvalue weighted by Gasteiger charge is -2.15. The van der Waals surface area contributed by atoms with E-state index in [1.807, 2.05) is 42.5 Å². The first-order valence-electron chi connectivity index (χ1n) is 6.46. The predicted octanol–water partition coefficient (Wildman–Crippen LogP) is 5.21. The molecule has 0 unspecified atom stereocenters. The van der Waals surface area contributed by atoms with Gasteiger partial charge in [-0.15, -0.1) is 0 Å². The Morgan fingerprint density at radius 3 is 2.39 bits per heavy atom. The normalized spacial score (nSPS) is 11.9. The van der Waals surface area contributed by atoms with E-state index in [1.54, 1.807) is 6.92 Å². The maximum Gasteiger partial charge on any atom is 0.248 e. The molecule has 0 fully saturated rings. The SMILES string of the molecule is CCCC(F)(F)CCc1ccc2ccccc2c1. The standard InChI is InChI=1S/C16H18F2/c1-2-10-16(17,18)11-9-13-7-8-14-5-3-4-6-15(14)12-13/h3-8,12H,2,9-11H2,1H3. The molecule has 0 aliphatic heterocycles. The van der Waals surface area contributed by atoms with Crippen LogP contribution in [0.3, 0.4) is 0 Å². The summed E-state index contributed by atoms with van der Waals surface area (Å²) < 4.78 is 26.8. The van der Waals surface area contributed by atoms with Crippen LogP contribution in [0, 0.1) is 0 Å². The lowest BCUT2D eigenvalue weighted by atomic mass is 10.0. The third-order valence-corrected chi connectivity index (χ3v) is 3.21. The van der Waals surface area contributed by atoms with Crippen LogP contribution < -0.4 is 0 Å². The number of aryl methyl sites for hydroxylation is 1. The van der Waals surface area contributed by atoms with Crippen molar-refractivity contribution in [2.75, 3.05) is 0 Å². The molecule has 2 aromatic rings. The molecule has 0 nitrogen and oxygen atoms in total. The molecule has 0 bridgehead atoms. The van der Waals surface area contributed by atoms with Crippen molar-refractivity contribution in [3.63, 3.8) is 0 Å². The molecule has 0 saturated heterocycles. The highest BCUT2D eigenvalue weighted by Gasteiger charge is 2.26. The molecule has 18 heavy (non-hydrogen) atoms. The molecule has 0 radical (unpaired) electrons. The fourth-order valence-corrected chi connectivity index (χ4v) is 2.21. The Bertz CT molecular complexity index is 517. The largest absolute Gasteiger partial charge is 0.248 e. The summed E-state index contributed by atoms with van der Waals surface area (Å²) >= 11 is 0. The number of rotatable bonds is 5. The summed E-state index contributed by atoms with van der Waals surface area (Å²) in [6.45, 7) is 1.80. The first kappa shape index (κ1) is 13.0. The number of halogens is 2. The Labute approximate surface area is 107 Å². The van der Waals surface area contributed by atoms with E-state index in [4.69, 9.17) is 0 Å². The van der Waals surface area contributed by atoms with Crippen LogP contribution in [0.2, 0.25) is 0 Å². The van der Waals surface area contributed by atoms with Gasteiger partial charge in [0.15, 0.2) is 0 Å². The van der Waals surface area contributed by atoms with Crippen molar-refractivity contribution in [3.8, 4) is 0 Å². The molecule has 96 valence electrons. The van der Waals surface area contributed by atoms with E-state index in [0.717, 1.165) is 16.3 Å². The molecule has 0 aromatic heterocycles. The molecule has 2 rings (SSSR count). The molecule has 0 atom stereocenters. The number of fused-ring (bicyclic) bond motifs is 1. The molecule has 0 aliphatic carbocycles. The Morgan fingerprint density at radius 2 is 1.67 bits per heavy atom. The van der Waals surface area contributed by atoms with Gasteiger partial charge in [0.05, 0.1) is 0 Å². The second kappa shape index (κ2) is 5.47. The third kappa shape index (κ3) is 3.28. The molecule has 0 N–H and O–H groups in total. The van der Waals surface area contributed by atoms with E-state index in [9.17, 15) is 8.78 Å². The molecule has 0 saturated carbocycles. The van der Waals surface area contributed by atoms with Gasteiger partial charge in [-0.05, 0) is 22.8 Å². The number of hydrogen-bond acceptors (Lipinski definition) is 0. The number of hydrogen-bond donors (Lipinski definition) is 0. The van der Waals surface area contributed by atoms with Gasteiger partial charge >= 0.3 is 0 Å². The maximum absolute atomic E-state index is 13.4. The maximum atomic E-state index is 13.4. The van der Waals surface area contributed by atoms with Crippen LogP contribution in [0.4, 0.5) is 8.78 Å². The van der Waals surface area contributed by atoms with Crippen molar-refractivity contribution in [3.05, 3.63) is 48.0 Å². The van der Waals surface area contributed by atoms with Crippen LogP contribution in [0.15, 0.2) is 42.5 Å². The fraction of sp³-hybridized carbons (Fsp3) is 0.375. The highest BCUT2D eigenvalue weighted by molar-refractivity contribution is 5.82. The molecule has 2 aromatic carbocycles. The summed E-state index contributed by atoms with van der Waals surface area (Å²) in [4.78, 5) is 0. The molecule has 0 spiro atoms. The van der Waals surface area contributed by atoms with Crippen molar-refractivity contribution < 1.29 is 8.78 Å². The lowest BCUT2D eigenvalue weighted by molar-refractivity contribution is -0.0163. The van der Waals surface area contributed by atoms with Gasteiger partial charge in [0.2, 0.25) is 5.92 Å². The van der Waals surface area contributed by atoms with E-state index >= 15 is 0 Å². The summed E-state index contributed by atoms with van der Waals surface area (Å²) in [6.07, 6.45) is 0.905. The first-order chi connectivity index (χ1) is 8.61. The Kier molecular flexibility index (Phi) is 3.95. The molecule has 0 heterocycles. The molecule has 0 amide bonds.